The van der Waals surface area contributed by atoms with Crippen LogP contribution in [0.2, 0.25) is 0 Å². The number of hydrogen-bond donors (Lipinski definition) is 0. The monoisotopic (exact) mass is 365 g/mol. The third kappa shape index (κ3) is 3.20. The van der Waals surface area contributed by atoms with Gasteiger partial charge in [-0.25, -0.2) is 4.98 Å². The van der Waals surface area contributed by atoms with Crippen molar-refractivity contribution in [1.82, 2.24) is 9.88 Å². The van der Waals surface area contributed by atoms with Crippen molar-refractivity contribution in [2.75, 3.05) is 18.5 Å². The van der Waals surface area contributed by atoms with Crippen LogP contribution < -0.4 is 4.90 Å². The normalized spacial score (nSPS) is 14.2. The molecule has 2 heterocycles. The Morgan fingerprint density at radius 1 is 1.19 bits per heavy atom. The summed E-state index contributed by atoms with van der Waals surface area (Å²) in [5.74, 6) is 0.0978. The van der Waals surface area contributed by atoms with Crippen molar-refractivity contribution >= 4 is 39.1 Å². The summed E-state index contributed by atoms with van der Waals surface area (Å²) in [4.78, 5) is 32.5. The van der Waals surface area contributed by atoms with E-state index in [1.165, 1.54) is 0 Å². The number of hydrogen-bond acceptors (Lipinski definition) is 4. The number of rotatable bonds is 4. The van der Waals surface area contributed by atoms with Gasteiger partial charge in [0, 0.05) is 31.3 Å². The molecule has 1 aromatic heterocycles. The number of benzene rings is 2. The summed E-state index contributed by atoms with van der Waals surface area (Å²) in [5, 5.41) is 0.918. The SMILES string of the molecule is CN(Cc1nc2ccccc2s1)C(=O)c1ccc(N2CCCC2=O)cc1. The molecule has 1 aliphatic heterocycles. The lowest BCUT2D eigenvalue weighted by atomic mass is 10.1. The lowest BCUT2D eigenvalue weighted by molar-refractivity contribution is -0.117. The van der Waals surface area contributed by atoms with Crippen LogP contribution in [0.25, 0.3) is 10.2 Å². The fourth-order valence-electron chi connectivity index (χ4n) is 3.19. The first-order valence-electron chi connectivity index (χ1n) is 8.62. The molecule has 2 aromatic carbocycles. The fourth-order valence-corrected chi connectivity index (χ4v) is 4.21. The van der Waals surface area contributed by atoms with Crippen LogP contribution in [0.1, 0.15) is 28.2 Å². The molecule has 4 rings (SSSR count). The minimum atomic E-state index is -0.0523. The van der Waals surface area contributed by atoms with Crippen molar-refractivity contribution in [3.05, 3.63) is 59.1 Å². The maximum atomic E-state index is 12.7. The van der Waals surface area contributed by atoms with Crippen LogP contribution in [0.5, 0.6) is 0 Å². The molecule has 5 nitrogen and oxygen atoms in total. The van der Waals surface area contributed by atoms with Gasteiger partial charge in [-0.1, -0.05) is 12.1 Å². The number of amides is 2. The van der Waals surface area contributed by atoms with Crippen molar-refractivity contribution in [2.24, 2.45) is 0 Å². The van der Waals surface area contributed by atoms with Crippen LogP contribution in [0.15, 0.2) is 48.5 Å². The van der Waals surface area contributed by atoms with E-state index in [2.05, 4.69) is 4.98 Å². The summed E-state index contributed by atoms with van der Waals surface area (Å²) in [6, 6.07) is 15.3. The van der Waals surface area contributed by atoms with Gasteiger partial charge in [0.1, 0.15) is 5.01 Å². The van der Waals surface area contributed by atoms with Crippen molar-refractivity contribution in [2.45, 2.75) is 19.4 Å². The molecule has 1 saturated heterocycles. The summed E-state index contributed by atoms with van der Waals surface area (Å²) in [6.07, 6.45) is 1.50. The summed E-state index contributed by atoms with van der Waals surface area (Å²) >= 11 is 1.61. The molecule has 26 heavy (non-hydrogen) atoms. The molecule has 1 aliphatic rings. The van der Waals surface area contributed by atoms with Crippen molar-refractivity contribution < 1.29 is 9.59 Å². The molecular weight excluding hydrogens is 346 g/mol. The standard InChI is InChI=1S/C20H19N3O2S/c1-22(13-18-21-16-5-2-3-6-17(16)26-18)20(25)14-8-10-15(11-9-14)23-12-4-7-19(23)24/h2-3,5-6,8-11H,4,7,12-13H2,1H3. The average molecular weight is 365 g/mol. The number of fused-ring (bicyclic) bond motifs is 1. The third-order valence-electron chi connectivity index (χ3n) is 4.56. The fraction of sp³-hybridized carbons (Fsp3) is 0.250. The second-order valence-corrected chi connectivity index (χ2v) is 7.55. The molecule has 0 spiro atoms. The van der Waals surface area contributed by atoms with Gasteiger partial charge in [0.05, 0.1) is 16.8 Å². The zero-order valence-corrected chi connectivity index (χ0v) is 15.3. The van der Waals surface area contributed by atoms with Crippen LogP contribution >= 0.6 is 11.3 Å². The van der Waals surface area contributed by atoms with E-state index in [0.29, 0.717) is 18.5 Å². The maximum Gasteiger partial charge on any atom is 0.253 e. The minimum Gasteiger partial charge on any atom is -0.335 e. The van der Waals surface area contributed by atoms with Crippen LogP contribution in [0.3, 0.4) is 0 Å². The molecule has 0 radical (unpaired) electrons. The average Bonchev–Trinajstić information content (AvgIpc) is 3.26. The lowest BCUT2D eigenvalue weighted by Crippen LogP contribution is -2.26. The van der Waals surface area contributed by atoms with Gasteiger partial charge in [0.25, 0.3) is 5.91 Å². The Morgan fingerprint density at radius 2 is 1.96 bits per heavy atom. The first kappa shape index (κ1) is 16.7. The van der Waals surface area contributed by atoms with E-state index in [0.717, 1.165) is 33.9 Å². The van der Waals surface area contributed by atoms with E-state index in [4.69, 9.17) is 0 Å². The van der Waals surface area contributed by atoms with Crippen LogP contribution in [-0.4, -0.2) is 35.3 Å². The minimum absolute atomic E-state index is 0.0523. The molecule has 0 N–H and O–H groups in total. The smallest absolute Gasteiger partial charge is 0.253 e. The molecule has 1 fully saturated rings. The first-order valence-corrected chi connectivity index (χ1v) is 9.44. The molecule has 2 amide bonds. The summed E-state index contributed by atoms with van der Waals surface area (Å²) in [5.41, 5.74) is 2.44. The second kappa shape index (κ2) is 6.88. The van der Waals surface area contributed by atoms with Crippen molar-refractivity contribution in [3.63, 3.8) is 0 Å². The van der Waals surface area contributed by atoms with Gasteiger partial charge in [-0.05, 0) is 42.8 Å². The van der Waals surface area contributed by atoms with Crippen LogP contribution in [0.4, 0.5) is 5.69 Å². The van der Waals surface area contributed by atoms with Gasteiger partial charge in [-0.2, -0.15) is 0 Å². The van der Waals surface area contributed by atoms with Gasteiger partial charge in [-0.3, -0.25) is 9.59 Å². The Hall–Kier alpha value is -2.73. The summed E-state index contributed by atoms with van der Waals surface area (Å²) in [6.45, 7) is 1.23. The van der Waals surface area contributed by atoms with Gasteiger partial charge in [0.15, 0.2) is 0 Å². The largest absolute Gasteiger partial charge is 0.335 e. The number of para-hydroxylation sites is 1. The van der Waals surface area contributed by atoms with Crippen LogP contribution in [0, 0.1) is 0 Å². The predicted molar refractivity (Wildman–Crippen MR) is 103 cm³/mol. The molecule has 0 bridgehead atoms. The van der Waals surface area contributed by atoms with Crippen LogP contribution in [-0.2, 0) is 11.3 Å². The third-order valence-corrected chi connectivity index (χ3v) is 5.58. The molecule has 132 valence electrons. The quantitative estimate of drug-likeness (QED) is 0.708. The Balaban J connectivity index is 1.46. The molecular formula is C20H19N3O2S. The number of thiazole rings is 1. The predicted octanol–water partition coefficient (Wildman–Crippen LogP) is 3.70. The van der Waals surface area contributed by atoms with E-state index in [1.807, 2.05) is 36.4 Å². The Labute approximate surface area is 155 Å². The van der Waals surface area contributed by atoms with E-state index in [-0.39, 0.29) is 11.8 Å². The first-order chi connectivity index (χ1) is 12.6. The van der Waals surface area contributed by atoms with Gasteiger partial charge < -0.3 is 9.80 Å². The zero-order valence-electron chi connectivity index (χ0n) is 14.5. The number of aromatic nitrogens is 1. The van der Waals surface area contributed by atoms with Crippen molar-refractivity contribution in [3.8, 4) is 0 Å². The maximum absolute atomic E-state index is 12.7. The highest BCUT2D eigenvalue weighted by Gasteiger charge is 2.22. The Morgan fingerprint density at radius 3 is 2.65 bits per heavy atom. The number of nitrogens with zero attached hydrogens (tertiary/aromatic N) is 3. The van der Waals surface area contributed by atoms with E-state index < -0.39 is 0 Å². The molecule has 0 atom stereocenters. The molecule has 0 saturated carbocycles. The lowest BCUT2D eigenvalue weighted by Gasteiger charge is -2.18. The highest BCUT2D eigenvalue weighted by Crippen LogP contribution is 2.24. The van der Waals surface area contributed by atoms with Crippen molar-refractivity contribution in [1.29, 1.82) is 0 Å². The zero-order chi connectivity index (χ0) is 18.1. The molecule has 3 aromatic rings. The van der Waals surface area contributed by atoms with E-state index in [9.17, 15) is 9.59 Å². The number of anilines is 1. The Bertz CT molecular complexity index is 932. The molecule has 0 aliphatic carbocycles. The number of carbonyl (C=O) groups excluding carboxylic acids is 2. The Kier molecular flexibility index (Phi) is 4.42. The molecule has 0 unspecified atom stereocenters. The second-order valence-electron chi connectivity index (χ2n) is 6.43. The molecule has 6 heteroatoms. The van der Waals surface area contributed by atoms with Gasteiger partial charge >= 0.3 is 0 Å². The summed E-state index contributed by atoms with van der Waals surface area (Å²) < 4.78 is 1.13. The summed E-state index contributed by atoms with van der Waals surface area (Å²) in [7, 11) is 1.78. The highest BCUT2D eigenvalue weighted by atomic mass is 32.1. The highest BCUT2D eigenvalue weighted by molar-refractivity contribution is 7.18. The number of carbonyl (C=O) groups is 2. The van der Waals surface area contributed by atoms with Gasteiger partial charge in [0.2, 0.25) is 5.91 Å². The van der Waals surface area contributed by atoms with Gasteiger partial charge in [-0.15, -0.1) is 11.3 Å². The van der Waals surface area contributed by atoms with E-state index >= 15 is 0 Å². The topological polar surface area (TPSA) is 53.5 Å². The van der Waals surface area contributed by atoms with E-state index in [1.54, 1.807) is 40.3 Å².